The molecule has 2 rings (SSSR count). The highest BCUT2D eigenvalue weighted by Crippen LogP contribution is 2.20. The number of likely N-dealkylation sites (tertiary alicyclic amines) is 1. The molecule has 0 bridgehead atoms. The van der Waals surface area contributed by atoms with E-state index in [4.69, 9.17) is 11.5 Å². The van der Waals surface area contributed by atoms with Crippen molar-refractivity contribution in [2.24, 2.45) is 11.5 Å². The van der Waals surface area contributed by atoms with Crippen LogP contribution in [-0.2, 0) is 11.3 Å². The predicted octanol–water partition coefficient (Wildman–Crippen LogP) is 0.625. The number of benzene rings is 1. The largest absolute Gasteiger partial charge is 0.368 e. The Hall–Kier alpha value is -1.88. The molecule has 1 aliphatic heterocycles. The molecule has 0 aliphatic carbocycles. The highest BCUT2D eigenvalue weighted by atomic mass is 16.2. The van der Waals surface area contributed by atoms with Crippen molar-refractivity contribution in [3.63, 3.8) is 0 Å². The maximum atomic E-state index is 12.5. The second kappa shape index (κ2) is 5.84. The van der Waals surface area contributed by atoms with Crippen LogP contribution < -0.4 is 11.5 Å². The standard InChI is InChI=1S/C14H19N3O2/c15-9-10-4-3-5-11(8-10)14(19)17-7-2-1-6-12(17)13(16)18/h3-5,8,12H,1-2,6-7,9,15H2,(H2,16,18). The summed E-state index contributed by atoms with van der Waals surface area (Å²) in [6, 6.07) is 6.71. The smallest absolute Gasteiger partial charge is 0.254 e. The van der Waals surface area contributed by atoms with Crippen LogP contribution >= 0.6 is 0 Å². The van der Waals surface area contributed by atoms with Gasteiger partial charge in [0.15, 0.2) is 0 Å². The highest BCUT2D eigenvalue weighted by molar-refractivity contribution is 5.97. The number of carbonyl (C=O) groups is 2. The van der Waals surface area contributed by atoms with Gasteiger partial charge in [-0.3, -0.25) is 9.59 Å². The molecule has 0 radical (unpaired) electrons. The zero-order valence-corrected chi connectivity index (χ0v) is 10.8. The maximum Gasteiger partial charge on any atom is 0.254 e. The van der Waals surface area contributed by atoms with Crippen molar-refractivity contribution < 1.29 is 9.59 Å². The van der Waals surface area contributed by atoms with Crippen LogP contribution in [0.25, 0.3) is 0 Å². The van der Waals surface area contributed by atoms with Gasteiger partial charge < -0.3 is 16.4 Å². The van der Waals surface area contributed by atoms with Gasteiger partial charge in [0.1, 0.15) is 6.04 Å². The molecule has 1 unspecified atom stereocenters. The SMILES string of the molecule is NCc1cccc(C(=O)N2CCCCC2C(N)=O)c1. The molecule has 5 nitrogen and oxygen atoms in total. The van der Waals surface area contributed by atoms with Crippen LogP contribution in [0.5, 0.6) is 0 Å². The van der Waals surface area contributed by atoms with Crippen LogP contribution in [0.3, 0.4) is 0 Å². The number of primary amides is 1. The van der Waals surface area contributed by atoms with Gasteiger partial charge >= 0.3 is 0 Å². The first-order valence-corrected chi connectivity index (χ1v) is 6.53. The van der Waals surface area contributed by atoms with Crippen molar-refractivity contribution in [1.82, 2.24) is 4.90 Å². The van der Waals surface area contributed by atoms with Crippen molar-refractivity contribution >= 4 is 11.8 Å². The quantitative estimate of drug-likeness (QED) is 0.836. The minimum absolute atomic E-state index is 0.140. The normalized spacial score (nSPS) is 19.2. The minimum atomic E-state index is -0.484. The van der Waals surface area contributed by atoms with Gasteiger partial charge in [0.05, 0.1) is 0 Å². The lowest BCUT2D eigenvalue weighted by molar-refractivity contribution is -0.123. The van der Waals surface area contributed by atoms with Crippen molar-refractivity contribution in [3.8, 4) is 0 Å². The van der Waals surface area contributed by atoms with E-state index >= 15 is 0 Å². The average molecular weight is 261 g/mol. The summed E-state index contributed by atoms with van der Waals surface area (Å²) in [6.45, 7) is 0.972. The highest BCUT2D eigenvalue weighted by Gasteiger charge is 2.31. The predicted molar refractivity (Wildman–Crippen MR) is 72.2 cm³/mol. The summed E-state index contributed by atoms with van der Waals surface area (Å²) < 4.78 is 0. The fourth-order valence-electron chi connectivity index (χ4n) is 2.47. The second-order valence-electron chi connectivity index (χ2n) is 4.82. The van der Waals surface area contributed by atoms with Gasteiger partial charge in [-0.1, -0.05) is 12.1 Å². The Kier molecular flexibility index (Phi) is 4.16. The van der Waals surface area contributed by atoms with E-state index in [1.165, 1.54) is 0 Å². The lowest BCUT2D eigenvalue weighted by Gasteiger charge is -2.33. The van der Waals surface area contributed by atoms with Gasteiger partial charge in [0, 0.05) is 18.7 Å². The number of hydrogen-bond acceptors (Lipinski definition) is 3. The zero-order chi connectivity index (χ0) is 13.8. The topological polar surface area (TPSA) is 89.4 Å². The van der Waals surface area contributed by atoms with Crippen LogP contribution in [0.1, 0.15) is 35.2 Å². The van der Waals surface area contributed by atoms with E-state index in [9.17, 15) is 9.59 Å². The van der Waals surface area contributed by atoms with Gasteiger partial charge in [-0.15, -0.1) is 0 Å². The summed E-state index contributed by atoms with van der Waals surface area (Å²) >= 11 is 0. The van der Waals surface area contributed by atoms with Crippen LogP contribution in [-0.4, -0.2) is 29.3 Å². The molecule has 102 valence electrons. The van der Waals surface area contributed by atoms with Crippen LogP contribution in [0, 0.1) is 0 Å². The summed E-state index contributed by atoms with van der Waals surface area (Å²) in [5.74, 6) is -0.568. The van der Waals surface area contributed by atoms with Gasteiger partial charge in [-0.25, -0.2) is 0 Å². The van der Waals surface area contributed by atoms with E-state index in [-0.39, 0.29) is 5.91 Å². The monoisotopic (exact) mass is 261 g/mol. The summed E-state index contributed by atoms with van der Waals surface area (Å²) in [4.78, 5) is 25.5. The van der Waals surface area contributed by atoms with Crippen molar-refractivity contribution in [1.29, 1.82) is 0 Å². The number of piperidine rings is 1. The number of hydrogen-bond donors (Lipinski definition) is 2. The first kappa shape index (κ1) is 13.5. The lowest BCUT2D eigenvalue weighted by Crippen LogP contribution is -2.50. The number of rotatable bonds is 3. The fraction of sp³-hybridized carbons (Fsp3) is 0.429. The Morgan fingerprint density at radius 3 is 2.79 bits per heavy atom. The first-order valence-electron chi connectivity index (χ1n) is 6.53. The summed E-state index contributed by atoms with van der Waals surface area (Å²) in [5, 5.41) is 0. The summed E-state index contributed by atoms with van der Waals surface area (Å²) in [7, 11) is 0. The minimum Gasteiger partial charge on any atom is -0.368 e. The Morgan fingerprint density at radius 2 is 2.11 bits per heavy atom. The summed E-state index contributed by atoms with van der Waals surface area (Å²) in [5.41, 5.74) is 12.4. The van der Waals surface area contributed by atoms with E-state index in [2.05, 4.69) is 0 Å². The molecule has 1 saturated heterocycles. The number of nitrogens with two attached hydrogens (primary N) is 2. The molecule has 4 N–H and O–H groups in total. The molecule has 1 atom stereocenters. The molecule has 0 spiro atoms. The lowest BCUT2D eigenvalue weighted by atomic mass is 10.00. The molecular formula is C14H19N3O2. The van der Waals surface area contributed by atoms with Gasteiger partial charge in [-0.2, -0.15) is 0 Å². The Balaban J connectivity index is 2.23. The molecule has 19 heavy (non-hydrogen) atoms. The molecule has 1 heterocycles. The van der Waals surface area contributed by atoms with E-state index in [0.29, 0.717) is 25.1 Å². The van der Waals surface area contributed by atoms with Gasteiger partial charge in [-0.05, 0) is 37.0 Å². The zero-order valence-electron chi connectivity index (χ0n) is 10.8. The Labute approximate surface area is 112 Å². The number of amides is 2. The van der Waals surface area contributed by atoms with Gasteiger partial charge in [0.25, 0.3) is 5.91 Å². The van der Waals surface area contributed by atoms with Crippen LogP contribution in [0.4, 0.5) is 0 Å². The number of carbonyl (C=O) groups excluding carboxylic acids is 2. The molecule has 1 aromatic rings. The second-order valence-corrected chi connectivity index (χ2v) is 4.82. The van der Waals surface area contributed by atoms with E-state index in [0.717, 1.165) is 18.4 Å². The van der Waals surface area contributed by atoms with E-state index in [1.54, 1.807) is 23.1 Å². The maximum absolute atomic E-state index is 12.5. The van der Waals surface area contributed by atoms with Gasteiger partial charge in [0.2, 0.25) is 5.91 Å². The molecule has 0 saturated carbocycles. The molecule has 1 aliphatic rings. The third-order valence-electron chi connectivity index (χ3n) is 3.50. The van der Waals surface area contributed by atoms with Crippen molar-refractivity contribution in [2.45, 2.75) is 31.8 Å². The average Bonchev–Trinajstić information content (AvgIpc) is 2.46. The van der Waals surface area contributed by atoms with Crippen LogP contribution in [0.2, 0.25) is 0 Å². The van der Waals surface area contributed by atoms with Crippen molar-refractivity contribution in [2.75, 3.05) is 6.54 Å². The Bertz CT molecular complexity index is 487. The van der Waals surface area contributed by atoms with E-state index < -0.39 is 11.9 Å². The first-order chi connectivity index (χ1) is 9.13. The summed E-state index contributed by atoms with van der Waals surface area (Å²) in [6.07, 6.45) is 2.49. The molecule has 1 aromatic carbocycles. The molecule has 0 aromatic heterocycles. The molecule has 5 heteroatoms. The molecule has 1 fully saturated rings. The van der Waals surface area contributed by atoms with Crippen molar-refractivity contribution in [3.05, 3.63) is 35.4 Å². The third-order valence-corrected chi connectivity index (χ3v) is 3.50. The fourth-order valence-corrected chi connectivity index (χ4v) is 2.47. The van der Waals surface area contributed by atoms with Crippen LogP contribution in [0.15, 0.2) is 24.3 Å². The third kappa shape index (κ3) is 2.93. The molecule has 2 amide bonds. The Morgan fingerprint density at radius 1 is 1.32 bits per heavy atom. The molecular weight excluding hydrogens is 242 g/mol. The number of nitrogens with zero attached hydrogens (tertiary/aromatic N) is 1. The van der Waals surface area contributed by atoms with E-state index in [1.807, 2.05) is 6.07 Å².